The maximum atomic E-state index is 13.3. The van der Waals surface area contributed by atoms with E-state index in [0.717, 1.165) is 31.7 Å². The highest BCUT2D eigenvalue weighted by Crippen LogP contribution is 2.35. The number of nitrogens with zero attached hydrogens (tertiary/aromatic N) is 4. The van der Waals surface area contributed by atoms with Gasteiger partial charge in [-0.2, -0.15) is 18.3 Å². The molecule has 4 rings (SSSR count). The van der Waals surface area contributed by atoms with E-state index in [1.165, 1.54) is 18.5 Å². The van der Waals surface area contributed by atoms with E-state index < -0.39 is 11.9 Å². The molecule has 1 fully saturated rings. The van der Waals surface area contributed by atoms with Crippen molar-refractivity contribution in [3.05, 3.63) is 47.6 Å². The summed E-state index contributed by atoms with van der Waals surface area (Å²) in [5.41, 5.74) is -0.339. The van der Waals surface area contributed by atoms with E-state index in [9.17, 15) is 18.0 Å². The van der Waals surface area contributed by atoms with Gasteiger partial charge in [0.15, 0.2) is 0 Å². The number of amides is 1. The molecule has 2 heterocycles. The summed E-state index contributed by atoms with van der Waals surface area (Å²) in [6, 6.07) is 5.71. The van der Waals surface area contributed by atoms with Gasteiger partial charge in [-0.1, -0.05) is 11.6 Å². The van der Waals surface area contributed by atoms with E-state index >= 15 is 0 Å². The maximum Gasteiger partial charge on any atom is 0.433 e. The predicted molar refractivity (Wildman–Crippen MR) is 114 cm³/mol. The molecule has 0 aliphatic heterocycles. The van der Waals surface area contributed by atoms with Gasteiger partial charge >= 0.3 is 6.18 Å². The van der Waals surface area contributed by atoms with Crippen LogP contribution in [-0.2, 0) is 17.5 Å². The van der Waals surface area contributed by atoms with Crippen LogP contribution in [0.4, 0.5) is 18.9 Å². The maximum absolute atomic E-state index is 13.3. The molecule has 1 aromatic carbocycles. The van der Waals surface area contributed by atoms with Gasteiger partial charge < -0.3 is 10.6 Å². The lowest BCUT2D eigenvalue weighted by Crippen LogP contribution is -2.40. The largest absolute Gasteiger partial charge is 0.433 e. The molecule has 1 aliphatic carbocycles. The van der Waals surface area contributed by atoms with Crippen molar-refractivity contribution in [1.29, 1.82) is 0 Å². The second-order valence-corrected chi connectivity index (χ2v) is 8.32. The van der Waals surface area contributed by atoms with Gasteiger partial charge in [0.2, 0.25) is 5.91 Å². The number of aromatic nitrogens is 4. The Morgan fingerprint density at radius 3 is 2.59 bits per heavy atom. The number of rotatable bonds is 6. The Hall–Kier alpha value is -2.88. The second kappa shape index (κ2) is 9.32. The average Bonchev–Trinajstić information content (AvgIpc) is 3.27. The summed E-state index contributed by atoms with van der Waals surface area (Å²) < 4.78 is 41.5. The molecule has 0 saturated heterocycles. The second-order valence-electron chi connectivity index (χ2n) is 7.88. The summed E-state index contributed by atoms with van der Waals surface area (Å²) in [7, 11) is 0. The van der Waals surface area contributed by atoms with Crippen LogP contribution >= 0.6 is 11.6 Å². The van der Waals surface area contributed by atoms with Gasteiger partial charge in [-0.25, -0.2) is 9.97 Å². The Morgan fingerprint density at radius 2 is 1.91 bits per heavy atom. The number of fused-ring (bicyclic) bond motifs is 1. The Bertz CT molecular complexity index is 1080. The van der Waals surface area contributed by atoms with Crippen LogP contribution in [0.5, 0.6) is 0 Å². The molecular formula is C21H22ClF3N6O. The fourth-order valence-electron chi connectivity index (χ4n) is 3.93. The van der Waals surface area contributed by atoms with Gasteiger partial charge in [0.05, 0.1) is 12.1 Å². The molecule has 2 aromatic heterocycles. The number of halogens is 4. The van der Waals surface area contributed by atoms with Crippen LogP contribution in [0.25, 0.3) is 10.9 Å². The van der Waals surface area contributed by atoms with Crippen LogP contribution in [-0.4, -0.2) is 37.7 Å². The summed E-state index contributed by atoms with van der Waals surface area (Å²) in [6.07, 6.45) is 1.67. The molecule has 0 spiro atoms. The number of carbonyl (C=O) groups is 1. The van der Waals surface area contributed by atoms with Crippen LogP contribution in [0, 0.1) is 0 Å². The van der Waals surface area contributed by atoms with Gasteiger partial charge in [-0.3, -0.25) is 9.48 Å². The van der Waals surface area contributed by atoms with Crippen LogP contribution in [0.2, 0.25) is 5.02 Å². The molecular weight excluding hydrogens is 445 g/mol. The Morgan fingerprint density at radius 1 is 1.16 bits per heavy atom. The van der Waals surface area contributed by atoms with Crippen molar-refractivity contribution in [2.45, 2.75) is 56.9 Å². The van der Waals surface area contributed by atoms with Crippen LogP contribution in [0.3, 0.4) is 0 Å². The first-order valence-electron chi connectivity index (χ1n) is 10.3. The number of alkyl halides is 3. The third kappa shape index (κ3) is 5.48. The Balaban J connectivity index is 1.37. The minimum absolute atomic E-state index is 0.0102. The summed E-state index contributed by atoms with van der Waals surface area (Å²) >= 11 is 6.06. The predicted octanol–water partition coefficient (Wildman–Crippen LogP) is 4.43. The molecule has 3 aromatic rings. The van der Waals surface area contributed by atoms with Crippen molar-refractivity contribution in [3.8, 4) is 0 Å². The first kappa shape index (κ1) is 22.3. The number of aryl methyl sites for hydroxylation is 1. The van der Waals surface area contributed by atoms with Gasteiger partial charge in [0.1, 0.15) is 18.3 Å². The highest BCUT2D eigenvalue weighted by molar-refractivity contribution is 6.31. The Kier molecular flexibility index (Phi) is 6.50. The minimum atomic E-state index is -4.54. The van der Waals surface area contributed by atoms with Crippen molar-refractivity contribution in [2.75, 3.05) is 5.32 Å². The van der Waals surface area contributed by atoms with E-state index in [1.807, 2.05) is 0 Å². The van der Waals surface area contributed by atoms with E-state index in [0.29, 0.717) is 29.1 Å². The molecule has 0 radical (unpaired) electrons. The Labute approximate surface area is 187 Å². The highest BCUT2D eigenvalue weighted by Gasteiger charge is 2.34. The fraction of sp³-hybridized carbons (Fsp3) is 0.429. The number of hydrogen-bond acceptors (Lipinski definition) is 5. The first-order chi connectivity index (χ1) is 15.3. The number of benzene rings is 1. The summed E-state index contributed by atoms with van der Waals surface area (Å²) in [6.45, 7) is 0.460. The molecule has 1 aliphatic rings. The van der Waals surface area contributed by atoms with Gasteiger partial charge in [0.25, 0.3) is 0 Å². The van der Waals surface area contributed by atoms with Crippen molar-refractivity contribution in [2.24, 2.45) is 0 Å². The lowest BCUT2D eigenvalue weighted by Gasteiger charge is -2.30. The lowest BCUT2D eigenvalue weighted by atomic mass is 9.90. The van der Waals surface area contributed by atoms with Crippen molar-refractivity contribution < 1.29 is 18.0 Å². The topological polar surface area (TPSA) is 84.7 Å². The quantitative estimate of drug-likeness (QED) is 0.561. The molecule has 11 heteroatoms. The molecule has 0 atom stereocenters. The molecule has 2 N–H and O–H groups in total. The van der Waals surface area contributed by atoms with Crippen LogP contribution in [0.1, 0.15) is 37.8 Å². The van der Waals surface area contributed by atoms with Crippen LogP contribution in [0.15, 0.2) is 36.9 Å². The molecule has 0 unspecified atom stereocenters. The summed E-state index contributed by atoms with van der Waals surface area (Å²) in [4.78, 5) is 19.8. The van der Waals surface area contributed by atoms with Crippen molar-refractivity contribution in [3.63, 3.8) is 0 Å². The van der Waals surface area contributed by atoms with Gasteiger partial charge in [-0.05, 0) is 49.9 Å². The number of pyridine rings is 1. The fourth-order valence-corrected chi connectivity index (χ4v) is 4.10. The van der Waals surface area contributed by atoms with Gasteiger partial charge in [-0.15, -0.1) is 0 Å². The highest BCUT2D eigenvalue weighted by atomic mass is 35.5. The molecule has 1 amide bonds. The van der Waals surface area contributed by atoms with Gasteiger partial charge in [0, 0.05) is 34.6 Å². The third-order valence-corrected chi connectivity index (χ3v) is 5.78. The monoisotopic (exact) mass is 466 g/mol. The molecule has 7 nitrogen and oxygen atoms in total. The first-order valence-corrected chi connectivity index (χ1v) is 10.7. The van der Waals surface area contributed by atoms with Crippen molar-refractivity contribution >= 4 is 34.1 Å². The molecule has 0 bridgehead atoms. The SMILES string of the molecule is O=C(CCn1cncn1)NC1CCC(Nc2cc(C(F)(F)F)nc3ccc(Cl)cc23)CC1. The molecule has 170 valence electrons. The van der Waals surface area contributed by atoms with Crippen LogP contribution < -0.4 is 10.6 Å². The zero-order valence-corrected chi connectivity index (χ0v) is 17.8. The van der Waals surface area contributed by atoms with E-state index in [1.54, 1.807) is 17.1 Å². The number of nitrogens with one attached hydrogen (secondary N) is 2. The van der Waals surface area contributed by atoms with E-state index in [2.05, 4.69) is 25.7 Å². The lowest BCUT2D eigenvalue weighted by molar-refractivity contribution is -0.140. The van der Waals surface area contributed by atoms with Crippen molar-refractivity contribution in [1.82, 2.24) is 25.1 Å². The minimum Gasteiger partial charge on any atom is -0.382 e. The molecule has 32 heavy (non-hydrogen) atoms. The van der Waals surface area contributed by atoms with E-state index in [4.69, 9.17) is 11.6 Å². The third-order valence-electron chi connectivity index (χ3n) is 5.55. The standard InChI is InChI=1S/C21H22ClF3N6O/c22-13-1-6-17-16(9-13)18(10-19(30-17)21(23,24)25)28-14-2-4-15(5-3-14)29-20(32)7-8-31-12-26-11-27-31/h1,6,9-12,14-15H,2-5,7-8H2,(H,28,30)(H,29,32). The number of carbonyl (C=O) groups excluding carboxylic acids is 1. The smallest absolute Gasteiger partial charge is 0.382 e. The zero-order chi connectivity index (χ0) is 22.7. The zero-order valence-electron chi connectivity index (χ0n) is 17.1. The molecule has 1 saturated carbocycles. The normalized spacial score (nSPS) is 19.1. The number of anilines is 1. The average molecular weight is 467 g/mol. The summed E-state index contributed by atoms with van der Waals surface area (Å²) in [5, 5.41) is 11.2. The van der Waals surface area contributed by atoms with E-state index in [-0.39, 0.29) is 23.5 Å². The number of hydrogen-bond donors (Lipinski definition) is 2. The summed E-state index contributed by atoms with van der Waals surface area (Å²) in [5.74, 6) is -0.0542.